The van der Waals surface area contributed by atoms with Crippen LogP contribution in [0.25, 0.3) is 0 Å². The lowest BCUT2D eigenvalue weighted by atomic mass is 10.2. The fourth-order valence-electron chi connectivity index (χ4n) is 1.31. The first-order valence-electron chi connectivity index (χ1n) is 5.83. The SMILES string of the molecule is COCC(CNC(=O)N[C@H](CCSC)C(=O)O)OC. The second-order valence-electron chi connectivity index (χ2n) is 3.84. The summed E-state index contributed by atoms with van der Waals surface area (Å²) >= 11 is 1.53. The highest BCUT2D eigenvalue weighted by Gasteiger charge is 2.19. The van der Waals surface area contributed by atoms with Crippen LogP contribution in [0.5, 0.6) is 0 Å². The summed E-state index contributed by atoms with van der Waals surface area (Å²) in [6.07, 6.45) is 2.01. The molecule has 0 rings (SSSR count). The van der Waals surface area contributed by atoms with Gasteiger partial charge in [0.1, 0.15) is 6.04 Å². The van der Waals surface area contributed by atoms with Crippen LogP contribution in [-0.2, 0) is 14.3 Å². The number of methoxy groups -OCH3 is 2. The highest BCUT2D eigenvalue weighted by molar-refractivity contribution is 7.98. The fourth-order valence-corrected chi connectivity index (χ4v) is 1.78. The van der Waals surface area contributed by atoms with Crippen molar-refractivity contribution in [2.45, 2.75) is 18.6 Å². The van der Waals surface area contributed by atoms with Crippen molar-refractivity contribution in [2.75, 3.05) is 39.4 Å². The number of nitrogens with one attached hydrogen (secondary N) is 2. The molecule has 0 aromatic heterocycles. The Labute approximate surface area is 117 Å². The minimum atomic E-state index is -1.04. The lowest BCUT2D eigenvalue weighted by Crippen LogP contribution is -2.48. The number of ether oxygens (including phenoxy) is 2. The Morgan fingerprint density at radius 1 is 1.37 bits per heavy atom. The molecule has 0 saturated heterocycles. The van der Waals surface area contributed by atoms with Crippen molar-refractivity contribution in [3.63, 3.8) is 0 Å². The molecule has 2 amide bonds. The van der Waals surface area contributed by atoms with Crippen LogP contribution >= 0.6 is 11.8 Å². The van der Waals surface area contributed by atoms with Gasteiger partial charge in [-0.2, -0.15) is 11.8 Å². The van der Waals surface area contributed by atoms with Crippen molar-refractivity contribution < 1.29 is 24.2 Å². The van der Waals surface area contributed by atoms with Gasteiger partial charge in [0.15, 0.2) is 0 Å². The number of urea groups is 1. The molecule has 0 radical (unpaired) electrons. The number of hydrogen-bond acceptors (Lipinski definition) is 5. The van der Waals surface area contributed by atoms with Gasteiger partial charge in [0, 0.05) is 20.8 Å². The van der Waals surface area contributed by atoms with Gasteiger partial charge in [0.05, 0.1) is 12.7 Å². The smallest absolute Gasteiger partial charge is 0.326 e. The highest BCUT2D eigenvalue weighted by Crippen LogP contribution is 2.00. The molecule has 0 spiro atoms. The van der Waals surface area contributed by atoms with E-state index >= 15 is 0 Å². The summed E-state index contributed by atoms with van der Waals surface area (Å²) < 4.78 is 9.98. The van der Waals surface area contributed by atoms with Crippen molar-refractivity contribution in [3.8, 4) is 0 Å². The van der Waals surface area contributed by atoms with Crippen LogP contribution in [0.2, 0.25) is 0 Å². The minimum Gasteiger partial charge on any atom is -0.480 e. The number of carbonyl (C=O) groups is 2. The highest BCUT2D eigenvalue weighted by atomic mass is 32.2. The fraction of sp³-hybridized carbons (Fsp3) is 0.818. The van der Waals surface area contributed by atoms with Crippen LogP contribution in [0.4, 0.5) is 4.79 Å². The summed E-state index contributed by atoms with van der Waals surface area (Å²) in [6.45, 7) is 0.608. The summed E-state index contributed by atoms with van der Waals surface area (Å²) in [7, 11) is 3.05. The van der Waals surface area contributed by atoms with Gasteiger partial charge >= 0.3 is 12.0 Å². The first-order chi connectivity index (χ1) is 9.04. The van der Waals surface area contributed by atoms with Crippen LogP contribution in [0.15, 0.2) is 0 Å². The minimum absolute atomic E-state index is 0.255. The van der Waals surface area contributed by atoms with Crippen LogP contribution in [0, 0.1) is 0 Å². The first kappa shape index (κ1) is 18.0. The van der Waals surface area contributed by atoms with Crippen molar-refractivity contribution >= 4 is 23.8 Å². The number of rotatable bonds is 10. The van der Waals surface area contributed by atoms with E-state index in [-0.39, 0.29) is 12.6 Å². The summed E-state index contributed by atoms with van der Waals surface area (Å²) in [5.74, 6) is -0.369. The summed E-state index contributed by atoms with van der Waals surface area (Å²) in [4.78, 5) is 22.5. The van der Waals surface area contributed by atoms with Gasteiger partial charge in [-0.1, -0.05) is 0 Å². The molecular weight excluding hydrogens is 272 g/mol. The van der Waals surface area contributed by atoms with E-state index in [1.165, 1.54) is 26.0 Å². The molecule has 0 saturated carbocycles. The molecule has 112 valence electrons. The number of carboxylic acids is 1. The summed E-state index contributed by atoms with van der Waals surface area (Å²) in [5, 5.41) is 13.9. The molecule has 0 aliphatic carbocycles. The zero-order chi connectivity index (χ0) is 14.7. The Bertz CT molecular complexity index is 278. The van der Waals surface area contributed by atoms with Gasteiger partial charge in [0.2, 0.25) is 0 Å². The van der Waals surface area contributed by atoms with Gasteiger partial charge < -0.3 is 25.2 Å². The van der Waals surface area contributed by atoms with E-state index in [9.17, 15) is 9.59 Å². The van der Waals surface area contributed by atoms with E-state index in [1.54, 1.807) is 0 Å². The number of thioether (sulfide) groups is 1. The van der Waals surface area contributed by atoms with E-state index in [1.807, 2.05) is 6.26 Å². The van der Waals surface area contributed by atoms with Crippen molar-refractivity contribution in [1.82, 2.24) is 10.6 Å². The molecular formula is C11H22N2O5S. The second-order valence-corrected chi connectivity index (χ2v) is 4.83. The Kier molecular flexibility index (Phi) is 10.3. The van der Waals surface area contributed by atoms with Crippen LogP contribution in [0.1, 0.15) is 6.42 Å². The molecule has 19 heavy (non-hydrogen) atoms. The van der Waals surface area contributed by atoms with Gasteiger partial charge in [0.25, 0.3) is 0 Å². The van der Waals surface area contributed by atoms with Crippen molar-refractivity contribution in [3.05, 3.63) is 0 Å². The third-order valence-electron chi connectivity index (χ3n) is 2.39. The standard InChI is InChI=1S/C11H22N2O5S/c1-17-7-8(18-2)6-12-11(16)13-9(10(14)15)4-5-19-3/h8-9H,4-7H2,1-3H3,(H,14,15)(H2,12,13,16)/t8?,9-/m1/s1. The van der Waals surface area contributed by atoms with Gasteiger partial charge in [-0.25, -0.2) is 9.59 Å². The lowest BCUT2D eigenvalue weighted by molar-refractivity contribution is -0.139. The molecule has 7 nitrogen and oxygen atoms in total. The third kappa shape index (κ3) is 8.68. The van der Waals surface area contributed by atoms with Crippen molar-refractivity contribution in [1.29, 1.82) is 0 Å². The van der Waals surface area contributed by atoms with Crippen LogP contribution in [-0.4, -0.2) is 68.6 Å². The molecule has 8 heteroatoms. The molecule has 0 aromatic carbocycles. The molecule has 3 N–H and O–H groups in total. The maximum atomic E-state index is 11.6. The van der Waals surface area contributed by atoms with Crippen molar-refractivity contribution in [2.24, 2.45) is 0 Å². The number of amides is 2. The molecule has 0 bridgehead atoms. The predicted molar refractivity (Wildman–Crippen MR) is 73.6 cm³/mol. The topological polar surface area (TPSA) is 96.9 Å². The zero-order valence-electron chi connectivity index (χ0n) is 11.5. The lowest BCUT2D eigenvalue weighted by Gasteiger charge is -2.17. The number of aliphatic carboxylic acids is 1. The number of hydrogen-bond donors (Lipinski definition) is 3. The zero-order valence-corrected chi connectivity index (χ0v) is 12.3. The van der Waals surface area contributed by atoms with E-state index in [0.29, 0.717) is 18.8 Å². The average molecular weight is 294 g/mol. The summed E-state index contributed by atoms with van der Waals surface area (Å²) in [5.41, 5.74) is 0. The largest absolute Gasteiger partial charge is 0.480 e. The Hall–Kier alpha value is -0.990. The van der Waals surface area contributed by atoms with Gasteiger partial charge in [-0.15, -0.1) is 0 Å². The molecule has 0 aliphatic heterocycles. The molecule has 0 fully saturated rings. The molecule has 0 heterocycles. The van der Waals surface area contributed by atoms with Crippen LogP contribution < -0.4 is 10.6 Å². The Morgan fingerprint density at radius 2 is 2.05 bits per heavy atom. The monoisotopic (exact) mass is 294 g/mol. The van der Waals surface area contributed by atoms with E-state index < -0.39 is 18.0 Å². The number of carbonyl (C=O) groups excluding carboxylic acids is 1. The maximum absolute atomic E-state index is 11.6. The number of carboxylic acid groups (broad SMARTS) is 1. The maximum Gasteiger partial charge on any atom is 0.326 e. The first-order valence-corrected chi connectivity index (χ1v) is 7.22. The van der Waals surface area contributed by atoms with Crippen LogP contribution in [0.3, 0.4) is 0 Å². The molecule has 0 aromatic rings. The third-order valence-corrected chi connectivity index (χ3v) is 3.03. The summed E-state index contributed by atoms with van der Waals surface area (Å²) in [6, 6.07) is -1.40. The molecule has 1 unspecified atom stereocenters. The van der Waals surface area contributed by atoms with Gasteiger partial charge in [-0.3, -0.25) is 0 Å². The van der Waals surface area contributed by atoms with Gasteiger partial charge in [-0.05, 0) is 18.4 Å². The predicted octanol–water partition coefficient (Wildman–Crippen LogP) is 0.153. The molecule has 2 atom stereocenters. The Morgan fingerprint density at radius 3 is 2.53 bits per heavy atom. The van der Waals surface area contributed by atoms with E-state index in [4.69, 9.17) is 14.6 Å². The normalized spacial score (nSPS) is 13.6. The second kappa shape index (κ2) is 10.9. The van der Waals surface area contributed by atoms with E-state index in [0.717, 1.165) is 0 Å². The average Bonchev–Trinajstić information content (AvgIpc) is 2.38. The quantitative estimate of drug-likeness (QED) is 0.531. The molecule has 0 aliphatic rings. The Balaban J connectivity index is 4.07. The van der Waals surface area contributed by atoms with E-state index in [2.05, 4.69) is 10.6 Å².